The maximum Gasteiger partial charge on any atom is 0.331 e. The summed E-state index contributed by atoms with van der Waals surface area (Å²) in [6.07, 6.45) is 2.77. The molecule has 0 atom stereocenters. The summed E-state index contributed by atoms with van der Waals surface area (Å²) in [5, 5.41) is 9.06. The highest BCUT2D eigenvalue weighted by molar-refractivity contribution is 5.92. The Balaban J connectivity index is 3.11. The molecule has 1 aromatic rings. The minimum atomic E-state index is -0.950. The van der Waals surface area contributed by atoms with E-state index in [1.165, 1.54) is 6.92 Å². The van der Waals surface area contributed by atoms with Crippen molar-refractivity contribution in [3.8, 4) is 5.75 Å². The number of carboxylic acids is 1. The first-order valence-corrected chi connectivity index (χ1v) is 5.76. The van der Waals surface area contributed by atoms with Crippen molar-refractivity contribution in [3.63, 3.8) is 0 Å². The molecular formula is C14H16O4. The fraction of sp³-hybridized carbons (Fsp3) is 0.286. The lowest BCUT2D eigenvalue weighted by Gasteiger charge is -2.06. The van der Waals surface area contributed by atoms with Crippen LogP contribution in [0.2, 0.25) is 0 Å². The number of hydrogen-bond acceptors (Lipinski definition) is 3. The number of para-hydroxylation sites is 1. The molecule has 0 spiro atoms. The Hall–Kier alpha value is -2.10. The molecule has 96 valence electrons. The molecule has 1 rings (SSSR count). The van der Waals surface area contributed by atoms with E-state index in [2.05, 4.69) is 0 Å². The van der Waals surface area contributed by atoms with Crippen molar-refractivity contribution < 1.29 is 19.4 Å². The Morgan fingerprint density at radius 1 is 1.33 bits per heavy atom. The second-order valence-corrected chi connectivity index (χ2v) is 3.86. The number of carboxylic acid groups (broad SMARTS) is 1. The van der Waals surface area contributed by atoms with Crippen molar-refractivity contribution in [1.82, 2.24) is 0 Å². The van der Waals surface area contributed by atoms with Crippen LogP contribution in [0.1, 0.15) is 32.3 Å². The van der Waals surface area contributed by atoms with E-state index in [-0.39, 0.29) is 0 Å². The van der Waals surface area contributed by atoms with E-state index < -0.39 is 11.9 Å². The van der Waals surface area contributed by atoms with Crippen LogP contribution in [-0.4, -0.2) is 17.0 Å². The van der Waals surface area contributed by atoms with E-state index in [0.717, 1.165) is 6.42 Å². The van der Waals surface area contributed by atoms with Crippen molar-refractivity contribution in [1.29, 1.82) is 0 Å². The van der Waals surface area contributed by atoms with Gasteiger partial charge in [-0.05, 0) is 18.6 Å². The minimum absolute atomic E-state index is 0.303. The predicted octanol–water partition coefficient (Wildman–Crippen LogP) is 2.88. The molecule has 0 saturated heterocycles. The van der Waals surface area contributed by atoms with Gasteiger partial charge in [0.2, 0.25) is 0 Å². The third-order valence-corrected chi connectivity index (χ3v) is 2.30. The van der Waals surface area contributed by atoms with Crippen LogP contribution in [0.25, 0.3) is 6.08 Å². The number of ether oxygens (including phenoxy) is 1. The number of carbonyl (C=O) groups excluding carboxylic acids is 1. The van der Waals surface area contributed by atoms with E-state index in [4.69, 9.17) is 9.84 Å². The zero-order valence-corrected chi connectivity index (χ0v) is 10.5. The Bertz CT molecular complexity index is 474. The number of carbonyl (C=O) groups is 2. The Labute approximate surface area is 106 Å². The number of aliphatic carboxylic acids is 1. The molecule has 0 aliphatic rings. The van der Waals surface area contributed by atoms with Gasteiger partial charge in [0.1, 0.15) is 5.75 Å². The van der Waals surface area contributed by atoms with Gasteiger partial charge in [-0.15, -0.1) is 0 Å². The largest absolute Gasteiger partial charge is 0.478 e. The van der Waals surface area contributed by atoms with Gasteiger partial charge in [-0.2, -0.15) is 0 Å². The number of rotatable bonds is 5. The molecule has 0 fully saturated rings. The van der Waals surface area contributed by atoms with Gasteiger partial charge in [-0.3, -0.25) is 4.79 Å². The van der Waals surface area contributed by atoms with E-state index in [1.807, 2.05) is 6.92 Å². The first-order chi connectivity index (χ1) is 8.54. The lowest BCUT2D eigenvalue weighted by molar-refractivity contribution is -0.133. The van der Waals surface area contributed by atoms with Crippen LogP contribution in [0.15, 0.2) is 29.8 Å². The molecule has 0 amide bonds. The van der Waals surface area contributed by atoms with Crippen LogP contribution >= 0.6 is 0 Å². The lowest BCUT2D eigenvalue weighted by Crippen LogP contribution is -2.04. The highest BCUT2D eigenvalue weighted by Gasteiger charge is 2.09. The smallest absolute Gasteiger partial charge is 0.331 e. The second-order valence-electron chi connectivity index (χ2n) is 3.86. The molecule has 0 saturated carbocycles. The Kier molecular flexibility index (Phi) is 5.11. The minimum Gasteiger partial charge on any atom is -0.478 e. The number of hydrogen-bond donors (Lipinski definition) is 1. The SMILES string of the molecule is CCCC(=Cc1ccccc1OC(C)=O)C(=O)O. The molecule has 4 heteroatoms. The van der Waals surface area contributed by atoms with Gasteiger partial charge in [0.05, 0.1) is 0 Å². The lowest BCUT2D eigenvalue weighted by atomic mass is 10.1. The van der Waals surface area contributed by atoms with Gasteiger partial charge in [0.15, 0.2) is 0 Å². The summed E-state index contributed by atoms with van der Waals surface area (Å²) in [4.78, 5) is 22.0. The first kappa shape index (κ1) is 14.0. The third-order valence-electron chi connectivity index (χ3n) is 2.30. The van der Waals surface area contributed by atoms with Crippen molar-refractivity contribution in [3.05, 3.63) is 35.4 Å². The van der Waals surface area contributed by atoms with Gasteiger partial charge in [0, 0.05) is 18.1 Å². The summed E-state index contributed by atoms with van der Waals surface area (Å²) >= 11 is 0. The fourth-order valence-electron chi connectivity index (χ4n) is 1.55. The Morgan fingerprint density at radius 3 is 2.56 bits per heavy atom. The van der Waals surface area contributed by atoms with E-state index in [0.29, 0.717) is 23.3 Å². The summed E-state index contributed by atoms with van der Waals surface area (Å²) in [7, 11) is 0. The molecule has 18 heavy (non-hydrogen) atoms. The second kappa shape index (κ2) is 6.59. The predicted molar refractivity (Wildman–Crippen MR) is 68.3 cm³/mol. The normalized spacial score (nSPS) is 11.1. The topological polar surface area (TPSA) is 63.6 Å². The molecule has 4 nitrogen and oxygen atoms in total. The molecule has 0 aliphatic carbocycles. The van der Waals surface area contributed by atoms with Gasteiger partial charge >= 0.3 is 11.9 Å². The molecule has 1 aromatic carbocycles. The van der Waals surface area contributed by atoms with Crippen molar-refractivity contribution in [2.45, 2.75) is 26.7 Å². The van der Waals surface area contributed by atoms with E-state index in [1.54, 1.807) is 30.3 Å². The van der Waals surface area contributed by atoms with Crippen LogP contribution in [0.4, 0.5) is 0 Å². The summed E-state index contributed by atoms with van der Waals surface area (Å²) in [6.45, 7) is 3.22. The molecule has 1 N–H and O–H groups in total. The summed E-state index contributed by atoms with van der Waals surface area (Å²) in [6, 6.07) is 6.86. The van der Waals surface area contributed by atoms with Crippen LogP contribution in [-0.2, 0) is 9.59 Å². The molecular weight excluding hydrogens is 232 g/mol. The van der Waals surface area contributed by atoms with E-state index in [9.17, 15) is 9.59 Å². The van der Waals surface area contributed by atoms with Crippen LogP contribution in [0, 0.1) is 0 Å². The van der Waals surface area contributed by atoms with Crippen LogP contribution in [0.3, 0.4) is 0 Å². The molecule has 0 heterocycles. The highest BCUT2D eigenvalue weighted by Crippen LogP contribution is 2.22. The maximum atomic E-state index is 11.1. The number of benzene rings is 1. The van der Waals surface area contributed by atoms with Gasteiger partial charge in [0.25, 0.3) is 0 Å². The highest BCUT2D eigenvalue weighted by atomic mass is 16.5. The summed E-state index contributed by atoms with van der Waals surface area (Å²) in [5.41, 5.74) is 0.899. The summed E-state index contributed by atoms with van der Waals surface area (Å²) < 4.78 is 5.03. The van der Waals surface area contributed by atoms with Crippen LogP contribution in [0.5, 0.6) is 5.75 Å². The number of esters is 1. The van der Waals surface area contributed by atoms with Gasteiger partial charge in [-0.1, -0.05) is 31.5 Å². The average molecular weight is 248 g/mol. The van der Waals surface area contributed by atoms with Crippen molar-refractivity contribution in [2.75, 3.05) is 0 Å². The Morgan fingerprint density at radius 2 is 2.00 bits per heavy atom. The average Bonchev–Trinajstić information content (AvgIpc) is 2.30. The molecule has 0 radical (unpaired) electrons. The van der Waals surface area contributed by atoms with Crippen molar-refractivity contribution in [2.24, 2.45) is 0 Å². The molecule has 0 aliphatic heterocycles. The molecule has 0 unspecified atom stereocenters. The molecule has 0 aromatic heterocycles. The van der Waals surface area contributed by atoms with E-state index >= 15 is 0 Å². The van der Waals surface area contributed by atoms with Gasteiger partial charge < -0.3 is 9.84 Å². The van der Waals surface area contributed by atoms with Gasteiger partial charge in [-0.25, -0.2) is 4.79 Å². The first-order valence-electron chi connectivity index (χ1n) is 5.76. The zero-order valence-electron chi connectivity index (χ0n) is 10.5. The quantitative estimate of drug-likeness (QED) is 0.494. The third kappa shape index (κ3) is 4.05. The fourth-order valence-corrected chi connectivity index (χ4v) is 1.55. The van der Waals surface area contributed by atoms with Crippen LogP contribution < -0.4 is 4.74 Å². The summed E-state index contributed by atoms with van der Waals surface area (Å²) in [5.74, 6) is -1.00. The standard InChI is InChI=1S/C14H16O4/c1-3-6-12(14(16)17)9-11-7-4-5-8-13(11)18-10(2)15/h4-5,7-9H,3,6H2,1-2H3,(H,16,17). The zero-order chi connectivity index (χ0) is 13.5. The molecule has 0 bridgehead atoms. The maximum absolute atomic E-state index is 11.1. The van der Waals surface area contributed by atoms with Crippen molar-refractivity contribution >= 4 is 18.0 Å². The monoisotopic (exact) mass is 248 g/mol.